The van der Waals surface area contributed by atoms with Gasteiger partial charge in [0, 0.05) is 6.54 Å². The van der Waals surface area contributed by atoms with Gasteiger partial charge in [0.05, 0.1) is 0 Å². The van der Waals surface area contributed by atoms with Crippen LogP contribution < -0.4 is 11.1 Å². The van der Waals surface area contributed by atoms with Gasteiger partial charge in [0.2, 0.25) is 0 Å². The van der Waals surface area contributed by atoms with E-state index in [4.69, 9.17) is 5.73 Å². The maximum Gasteiger partial charge on any atom is 0.00200 e. The molecule has 0 unspecified atom stereocenters. The lowest BCUT2D eigenvalue weighted by molar-refractivity contribution is 0.470. The average Bonchev–Trinajstić information content (AvgIpc) is 3.07. The second-order valence-corrected chi connectivity index (χ2v) is 5.56. The molecule has 0 bridgehead atoms. The van der Waals surface area contributed by atoms with Crippen LogP contribution in [-0.4, -0.2) is 19.6 Å². The molecule has 2 heteroatoms. The quantitative estimate of drug-likeness (QED) is 0.738. The molecule has 0 aliphatic heterocycles. The van der Waals surface area contributed by atoms with Gasteiger partial charge in [-0.3, -0.25) is 0 Å². The van der Waals surface area contributed by atoms with Crippen molar-refractivity contribution < 1.29 is 0 Å². The molecule has 0 amide bonds. The van der Waals surface area contributed by atoms with Crippen molar-refractivity contribution in [3.63, 3.8) is 0 Å². The van der Waals surface area contributed by atoms with Gasteiger partial charge in [0.1, 0.15) is 0 Å². The van der Waals surface area contributed by atoms with Gasteiger partial charge < -0.3 is 11.1 Å². The number of aryl methyl sites for hydroxylation is 2. The number of benzene rings is 1. The van der Waals surface area contributed by atoms with E-state index in [2.05, 4.69) is 37.4 Å². The third-order valence-corrected chi connectivity index (χ3v) is 3.96. The normalized spacial score (nSPS) is 17.1. The Labute approximate surface area is 105 Å². The van der Waals surface area contributed by atoms with Crippen LogP contribution in [0.4, 0.5) is 0 Å². The van der Waals surface area contributed by atoms with Crippen LogP contribution in [-0.2, 0) is 6.42 Å². The summed E-state index contributed by atoms with van der Waals surface area (Å²) >= 11 is 0. The molecule has 0 saturated heterocycles. The molecule has 0 atom stereocenters. The fraction of sp³-hybridized carbons (Fsp3) is 0.600. The predicted molar refractivity (Wildman–Crippen MR) is 73.2 cm³/mol. The van der Waals surface area contributed by atoms with E-state index < -0.39 is 0 Å². The zero-order chi connectivity index (χ0) is 12.3. The first-order chi connectivity index (χ1) is 8.15. The summed E-state index contributed by atoms with van der Waals surface area (Å²) in [6.07, 6.45) is 3.73. The van der Waals surface area contributed by atoms with Crippen molar-refractivity contribution in [3.05, 3.63) is 34.9 Å². The molecule has 1 saturated carbocycles. The molecule has 2 rings (SSSR count). The Morgan fingerprint density at radius 3 is 2.65 bits per heavy atom. The van der Waals surface area contributed by atoms with Gasteiger partial charge in [0.15, 0.2) is 0 Å². The summed E-state index contributed by atoms with van der Waals surface area (Å²) < 4.78 is 0. The Hall–Kier alpha value is -0.860. The summed E-state index contributed by atoms with van der Waals surface area (Å²) in [4.78, 5) is 0. The van der Waals surface area contributed by atoms with E-state index in [0.717, 1.165) is 26.1 Å². The fourth-order valence-electron chi connectivity index (χ4n) is 2.33. The Morgan fingerprint density at radius 2 is 2.06 bits per heavy atom. The number of rotatable bonds is 6. The molecule has 1 aliphatic rings. The van der Waals surface area contributed by atoms with Crippen LogP contribution in [0.3, 0.4) is 0 Å². The van der Waals surface area contributed by atoms with Crippen LogP contribution in [0, 0.1) is 19.3 Å². The molecular weight excluding hydrogens is 208 g/mol. The van der Waals surface area contributed by atoms with Gasteiger partial charge in [-0.25, -0.2) is 0 Å². The third kappa shape index (κ3) is 3.30. The second kappa shape index (κ2) is 5.19. The summed E-state index contributed by atoms with van der Waals surface area (Å²) in [5.74, 6) is 0. The predicted octanol–water partition coefficient (Wildman–Crippen LogP) is 2.17. The molecule has 2 nitrogen and oxygen atoms in total. The van der Waals surface area contributed by atoms with E-state index in [1.54, 1.807) is 0 Å². The highest BCUT2D eigenvalue weighted by atomic mass is 14.9. The monoisotopic (exact) mass is 232 g/mol. The third-order valence-electron chi connectivity index (χ3n) is 3.96. The first kappa shape index (κ1) is 12.6. The van der Waals surface area contributed by atoms with Crippen molar-refractivity contribution in [2.24, 2.45) is 11.1 Å². The molecule has 1 fully saturated rings. The highest BCUT2D eigenvalue weighted by molar-refractivity contribution is 5.30. The topological polar surface area (TPSA) is 38.0 Å². The molecule has 17 heavy (non-hydrogen) atoms. The smallest absolute Gasteiger partial charge is 0.00200 e. The summed E-state index contributed by atoms with van der Waals surface area (Å²) in [7, 11) is 0. The molecule has 0 spiro atoms. The van der Waals surface area contributed by atoms with Crippen molar-refractivity contribution in [1.82, 2.24) is 5.32 Å². The van der Waals surface area contributed by atoms with Crippen molar-refractivity contribution in [2.45, 2.75) is 33.1 Å². The average molecular weight is 232 g/mol. The van der Waals surface area contributed by atoms with E-state index in [-0.39, 0.29) is 0 Å². The van der Waals surface area contributed by atoms with Gasteiger partial charge in [-0.05, 0) is 62.7 Å². The van der Waals surface area contributed by atoms with E-state index in [1.807, 2.05) is 0 Å². The maximum atomic E-state index is 5.76. The highest BCUT2D eigenvalue weighted by Gasteiger charge is 2.40. The van der Waals surface area contributed by atoms with E-state index >= 15 is 0 Å². The Kier molecular flexibility index (Phi) is 3.85. The molecule has 1 aromatic carbocycles. The van der Waals surface area contributed by atoms with Gasteiger partial charge in [-0.15, -0.1) is 0 Å². The Balaban J connectivity index is 1.74. The number of hydrogen-bond acceptors (Lipinski definition) is 2. The molecule has 0 radical (unpaired) electrons. The molecule has 0 aromatic heterocycles. The Bertz CT molecular complexity index is 381. The van der Waals surface area contributed by atoms with Crippen LogP contribution in [0.5, 0.6) is 0 Å². The summed E-state index contributed by atoms with van der Waals surface area (Å²) in [6, 6.07) is 6.71. The molecule has 3 N–H and O–H groups in total. The van der Waals surface area contributed by atoms with Crippen LogP contribution >= 0.6 is 0 Å². The first-order valence-electron chi connectivity index (χ1n) is 6.62. The minimum absolute atomic E-state index is 0.447. The summed E-state index contributed by atoms with van der Waals surface area (Å²) in [6.45, 7) is 7.33. The highest BCUT2D eigenvalue weighted by Crippen LogP contribution is 2.43. The van der Waals surface area contributed by atoms with Crippen molar-refractivity contribution in [1.29, 1.82) is 0 Å². The van der Waals surface area contributed by atoms with E-state index in [0.29, 0.717) is 5.41 Å². The fourth-order valence-corrected chi connectivity index (χ4v) is 2.33. The summed E-state index contributed by atoms with van der Waals surface area (Å²) in [5, 5.41) is 3.55. The molecule has 0 heterocycles. The largest absolute Gasteiger partial charge is 0.330 e. The molecule has 1 aromatic rings. The lowest BCUT2D eigenvalue weighted by atomic mass is 10.0. The molecule has 1 aliphatic carbocycles. The van der Waals surface area contributed by atoms with Crippen LogP contribution in [0.15, 0.2) is 18.2 Å². The second-order valence-electron chi connectivity index (χ2n) is 5.56. The first-order valence-corrected chi connectivity index (χ1v) is 6.62. The number of hydrogen-bond donors (Lipinski definition) is 2. The van der Waals surface area contributed by atoms with Gasteiger partial charge in [-0.2, -0.15) is 0 Å². The molecule has 94 valence electrons. The zero-order valence-corrected chi connectivity index (χ0v) is 11.1. The van der Waals surface area contributed by atoms with E-state index in [9.17, 15) is 0 Å². The van der Waals surface area contributed by atoms with Gasteiger partial charge >= 0.3 is 0 Å². The van der Waals surface area contributed by atoms with Crippen LogP contribution in [0.2, 0.25) is 0 Å². The van der Waals surface area contributed by atoms with Gasteiger partial charge in [0.25, 0.3) is 0 Å². The zero-order valence-electron chi connectivity index (χ0n) is 11.1. The van der Waals surface area contributed by atoms with Crippen LogP contribution in [0.25, 0.3) is 0 Å². The SMILES string of the molecule is Cc1ccc(CCNCC2(CN)CC2)c(C)c1. The molecular formula is C15H24N2. The lowest BCUT2D eigenvalue weighted by Crippen LogP contribution is -2.30. The Morgan fingerprint density at radius 1 is 1.29 bits per heavy atom. The maximum absolute atomic E-state index is 5.76. The number of nitrogens with two attached hydrogens (primary N) is 1. The van der Waals surface area contributed by atoms with Crippen LogP contribution in [0.1, 0.15) is 29.5 Å². The lowest BCUT2D eigenvalue weighted by Gasteiger charge is -2.13. The minimum atomic E-state index is 0.447. The van der Waals surface area contributed by atoms with Gasteiger partial charge in [-0.1, -0.05) is 23.8 Å². The van der Waals surface area contributed by atoms with Crippen molar-refractivity contribution >= 4 is 0 Å². The number of nitrogens with one attached hydrogen (secondary N) is 1. The minimum Gasteiger partial charge on any atom is -0.330 e. The van der Waals surface area contributed by atoms with Crippen molar-refractivity contribution in [2.75, 3.05) is 19.6 Å². The standard InChI is InChI=1S/C15H24N2/c1-12-3-4-14(13(2)9-12)5-8-17-11-15(10-16)6-7-15/h3-4,9,17H,5-8,10-11,16H2,1-2H3. The van der Waals surface area contributed by atoms with Crippen molar-refractivity contribution in [3.8, 4) is 0 Å². The van der Waals surface area contributed by atoms with E-state index in [1.165, 1.54) is 29.5 Å². The summed E-state index contributed by atoms with van der Waals surface area (Å²) in [5.41, 5.74) is 10.4.